The highest BCUT2D eigenvalue weighted by molar-refractivity contribution is 7.11. The van der Waals surface area contributed by atoms with Crippen molar-refractivity contribution in [1.29, 1.82) is 0 Å². The molecule has 9 nitrogen and oxygen atoms in total. The van der Waals surface area contributed by atoms with Gasteiger partial charge in [0.25, 0.3) is 0 Å². The van der Waals surface area contributed by atoms with Crippen LogP contribution in [0.1, 0.15) is 21.9 Å². The van der Waals surface area contributed by atoms with Crippen LogP contribution in [0.3, 0.4) is 0 Å². The summed E-state index contributed by atoms with van der Waals surface area (Å²) in [5.41, 5.74) is 1.20. The van der Waals surface area contributed by atoms with Crippen LogP contribution >= 0.6 is 22.9 Å². The van der Waals surface area contributed by atoms with E-state index in [1.165, 1.54) is 23.3 Å². The van der Waals surface area contributed by atoms with Crippen LogP contribution in [0.5, 0.6) is 0 Å². The summed E-state index contributed by atoms with van der Waals surface area (Å²) >= 11 is 7.51. The van der Waals surface area contributed by atoms with Gasteiger partial charge >= 0.3 is 12.1 Å². The maximum Gasteiger partial charge on any atom is 0.405 e. The van der Waals surface area contributed by atoms with Gasteiger partial charge in [0.1, 0.15) is 18.2 Å². The van der Waals surface area contributed by atoms with Crippen LogP contribution in [0.2, 0.25) is 5.02 Å². The number of aryl methyl sites for hydroxylation is 1. The fourth-order valence-electron chi connectivity index (χ4n) is 3.04. The van der Waals surface area contributed by atoms with E-state index in [0.29, 0.717) is 35.7 Å². The predicted molar refractivity (Wildman–Crippen MR) is 121 cm³/mol. The van der Waals surface area contributed by atoms with Crippen LogP contribution in [-0.4, -0.2) is 53.5 Å². The first-order chi connectivity index (χ1) is 15.4. The second-order valence-electron chi connectivity index (χ2n) is 7.08. The predicted octanol–water partition coefficient (Wildman–Crippen LogP) is 1.47. The number of carbonyl (C=O) groups excluding carboxylic acids is 2. The lowest BCUT2D eigenvalue weighted by Crippen LogP contribution is -3.11. The Bertz CT molecular complexity index is 1020. The Morgan fingerprint density at radius 2 is 2.12 bits per heavy atom. The van der Waals surface area contributed by atoms with Gasteiger partial charge < -0.3 is 15.2 Å². The molecule has 1 atom stereocenters. The maximum atomic E-state index is 12.5. The summed E-state index contributed by atoms with van der Waals surface area (Å²) < 4.78 is 5.94. The number of carbonyl (C=O) groups is 2. The number of benzene rings is 1. The molecule has 1 aliphatic rings. The number of aromatic nitrogens is 1. The number of nitrogens with zero attached hydrogens (tertiary/aromatic N) is 3. The molecule has 2 aromatic rings. The highest BCUT2D eigenvalue weighted by Crippen LogP contribution is 2.16. The van der Waals surface area contributed by atoms with Crippen molar-refractivity contribution in [3.8, 4) is 0 Å². The van der Waals surface area contributed by atoms with Crippen molar-refractivity contribution in [2.45, 2.75) is 26.5 Å². The maximum absolute atomic E-state index is 12.5. The number of hydrogen-bond donors (Lipinski definition) is 3. The standard InChI is InChI=1S/C21H24ClN5O4S/c1-14-10-24-18(32-14)13-31-21-25-19(26(2)20(30)23-8-3-9-28)17(12-29)27(21)11-15-4-6-16(22)7-5-15/h4-7,10,12,28H,3,8-9,11,13H2,1-2H3,(H,23,30)/p+1. The van der Waals surface area contributed by atoms with Crippen molar-refractivity contribution in [2.75, 3.05) is 20.2 Å². The summed E-state index contributed by atoms with van der Waals surface area (Å²) in [4.78, 5) is 36.2. The summed E-state index contributed by atoms with van der Waals surface area (Å²) in [5, 5.41) is 13.0. The topological polar surface area (TPSA) is 109 Å². The van der Waals surface area contributed by atoms with E-state index in [4.69, 9.17) is 21.4 Å². The van der Waals surface area contributed by atoms with E-state index in [1.807, 2.05) is 19.1 Å². The van der Waals surface area contributed by atoms with Crippen LogP contribution in [-0.2, 0) is 22.7 Å². The second kappa shape index (κ2) is 11.2. The molecule has 0 saturated heterocycles. The molecule has 3 N–H and O–H groups in total. The van der Waals surface area contributed by atoms with Gasteiger partial charge in [-0.1, -0.05) is 23.7 Å². The first-order valence-corrected chi connectivity index (χ1v) is 11.2. The monoisotopic (exact) mass is 478 g/mol. The zero-order valence-corrected chi connectivity index (χ0v) is 19.4. The zero-order valence-electron chi connectivity index (χ0n) is 17.8. The molecular weight excluding hydrogens is 454 g/mol. The number of quaternary nitrogens is 1. The minimum Gasteiger partial charge on any atom is -0.429 e. The third kappa shape index (κ3) is 5.92. The molecule has 0 spiro atoms. The molecule has 2 amide bonds. The van der Waals surface area contributed by atoms with E-state index >= 15 is 0 Å². The molecule has 1 aromatic carbocycles. The van der Waals surface area contributed by atoms with Crippen LogP contribution in [0, 0.1) is 6.92 Å². The number of nitrogens with one attached hydrogen (secondary N) is 2. The van der Waals surface area contributed by atoms with Gasteiger partial charge in [0, 0.05) is 41.9 Å². The molecule has 11 heteroatoms. The summed E-state index contributed by atoms with van der Waals surface area (Å²) in [6.07, 6.45) is 2.88. The lowest BCUT2D eigenvalue weighted by Gasteiger charge is -2.17. The third-order valence-electron chi connectivity index (χ3n) is 4.68. The molecule has 2 heterocycles. The molecule has 1 unspecified atom stereocenters. The van der Waals surface area contributed by atoms with Gasteiger partial charge in [-0.15, -0.1) is 16.3 Å². The number of aldehydes is 1. The number of thiazole rings is 1. The van der Waals surface area contributed by atoms with E-state index in [0.717, 1.165) is 15.4 Å². The molecule has 0 fully saturated rings. The molecule has 0 radical (unpaired) electrons. The summed E-state index contributed by atoms with van der Waals surface area (Å²) in [5.74, 6) is 0.204. The number of amidine groups is 1. The number of hydrogen-bond acceptors (Lipinski definition) is 7. The zero-order chi connectivity index (χ0) is 23.1. The molecule has 1 aromatic heterocycles. The van der Waals surface area contributed by atoms with E-state index in [2.05, 4.69) is 15.3 Å². The van der Waals surface area contributed by atoms with Gasteiger partial charge in [-0.3, -0.25) is 9.69 Å². The van der Waals surface area contributed by atoms with Gasteiger partial charge in [0.05, 0.1) is 0 Å². The number of allylic oxidation sites excluding steroid dienone is 1. The summed E-state index contributed by atoms with van der Waals surface area (Å²) in [6.45, 7) is 2.82. The number of halogens is 1. The van der Waals surface area contributed by atoms with Gasteiger partial charge in [-0.2, -0.15) is 0 Å². The molecule has 3 rings (SSSR count). The number of amides is 2. The van der Waals surface area contributed by atoms with Crippen molar-refractivity contribution < 1.29 is 24.3 Å². The summed E-state index contributed by atoms with van der Waals surface area (Å²) in [6, 6.07) is 7.12. The average molecular weight is 479 g/mol. The Morgan fingerprint density at radius 1 is 1.38 bits per heavy atom. The average Bonchev–Trinajstić information content (AvgIpc) is 3.36. The minimum atomic E-state index is -0.431. The minimum absolute atomic E-state index is 0.0301. The first-order valence-electron chi connectivity index (χ1n) is 9.98. The largest absolute Gasteiger partial charge is 0.429 e. The van der Waals surface area contributed by atoms with Crippen molar-refractivity contribution >= 4 is 41.3 Å². The Kier molecular flexibility index (Phi) is 8.34. The highest BCUT2D eigenvalue weighted by Gasteiger charge is 2.38. The molecular formula is C21H25ClN5O4S+. The van der Waals surface area contributed by atoms with Crippen LogP contribution < -0.4 is 10.2 Å². The number of aliphatic imine (C=N–C) groups is 1. The van der Waals surface area contributed by atoms with E-state index < -0.39 is 6.03 Å². The third-order valence-corrected chi connectivity index (χ3v) is 5.82. The molecule has 0 aliphatic carbocycles. The fourth-order valence-corrected chi connectivity index (χ4v) is 3.86. The van der Waals surface area contributed by atoms with Crippen LogP contribution in [0.15, 0.2) is 47.0 Å². The van der Waals surface area contributed by atoms with Crippen molar-refractivity contribution in [3.63, 3.8) is 0 Å². The van der Waals surface area contributed by atoms with E-state index in [1.54, 1.807) is 18.3 Å². The lowest BCUT2D eigenvalue weighted by molar-refractivity contribution is -0.781. The molecule has 0 bridgehead atoms. The van der Waals surface area contributed by atoms with E-state index in [9.17, 15) is 9.59 Å². The fraction of sp³-hybridized carbons (Fsp3) is 0.333. The molecule has 32 heavy (non-hydrogen) atoms. The highest BCUT2D eigenvalue weighted by atomic mass is 35.5. The SMILES string of the molecule is Cc1cnc(COC2=NC(N(C)C(=O)NCCCO)=C(C=O)[NH+]2Cc2ccc(Cl)cc2)s1. The van der Waals surface area contributed by atoms with Crippen LogP contribution in [0.25, 0.3) is 0 Å². The van der Waals surface area contributed by atoms with Crippen LogP contribution in [0.4, 0.5) is 4.79 Å². The summed E-state index contributed by atoms with van der Waals surface area (Å²) in [7, 11) is 1.53. The van der Waals surface area contributed by atoms with Crippen molar-refractivity contribution in [1.82, 2.24) is 15.2 Å². The molecule has 170 valence electrons. The Hall–Kier alpha value is -2.79. The number of ether oxygens (including phenoxy) is 1. The molecule has 1 aliphatic heterocycles. The van der Waals surface area contributed by atoms with Gasteiger partial charge in [0.15, 0.2) is 0 Å². The van der Waals surface area contributed by atoms with Gasteiger partial charge in [0.2, 0.25) is 17.8 Å². The molecule has 0 saturated carbocycles. The Balaban J connectivity index is 1.85. The number of rotatable bonds is 9. The van der Waals surface area contributed by atoms with Crippen molar-refractivity contribution in [3.05, 3.63) is 62.5 Å². The normalized spacial score (nSPS) is 15.5. The first kappa shape index (κ1) is 23.9. The Labute approximate surface area is 195 Å². The number of aliphatic hydroxyl groups excluding tert-OH is 1. The van der Waals surface area contributed by atoms with E-state index in [-0.39, 0.29) is 30.8 Å². The van der Waals surface area contributed by atoms with Gasteiger partial charge in [-0.05, 0) is 25.5 Å². The second-order valence-corrected chi connectivity index (χ2v) is 8.83. The smallest absolute Gasteiger partial charge is 0.405 e. The van der Waals surface area contributed by atoms with Gasteiger partial charge in [-0.25, -0.2) is 14.7 Å². The quantitative estimate of drug-likeness (QED) is 0.373. The number of urea groups is 1. The van der Waals surface area contributed by atoms with Crippen molar-refractivity contribution in [2.24, 2.45) is 4.99 Å². The number of aliphatic hydroxyl groups is 1. The Morgan fingerprint density at radius 3 is 2.75 bits per heavy atom. The lowest BCUT2D eigenvalue weighted by atomic mass is 10.2.